The number of aliphatic hydroxyl groups excluding tert-OH is 1. The summed E-state index contributed by atoms with van der Waals surface area (Å²) in [6.45, 7) is 21.9. The largest absolute Gasteiger partial charge is 0.478 e. The molecule has 4 N–H and O–H groups in total. The summed E-state index contributed by atoms with van der Waals surface area (Å²) in [6, 6.07) is 14.3. The van der Waals surface area contributed by atoms with Crippen LogP contribution < -0.4 is 10.6 Å². The standard InChI is InChI=1S/C48H66N2O5/c1-29(2)35-17-22-48(43(55)50-28-31-11-9-13-33(25-31)41(52)49-27-30(3)32-12-10-14-34(26-32)42(53)54)24-23-46(7)36(40(35)48)15-16-38-45(6)20-19-39(51)44(4,5)37(45)18-21-47(38,46)8/h9-14,25-26,30,35-40,51H,1,15-24,27-28H2,2-8H3,(H,49,52)(H,50,55)(H,53,54)/t30?,35-,36?,37?,38+,39-,40+,45-,46+,47+,48-/m0/s1. The van der Waals surface area contributed by atoms with E-state index in [1.807, 2.05) is 31.2 Å². The number of aliphatic hydroxyl groups is 1. The van der Waals surface area contributed by atoms with Gasteiger partial charge in [-0.15, -0.1) is 0 Å². The van der Waals surface area contributed by atoms with Gasteiger partial charge in [-0.2, -0.15) is 0 Å². The topological polar surface area (TPSA) is 116 Å². The third kappa shape index (κ3) is 6.30. The van der Waals surface area contributed by atoms with Crippen molar-refractivity contribution >= 4 is 17.8 Å². The number of carboxylic acids is 1. The summed E-state index contributed by atoms with van der Waals surface area (Å²) in [5, 5.41) is 26.9. The van der Waals surface area contributed by atoms with Crippen LogP contribution in [0.3, 0.4) is 0 Å². The highest BCUT2D eigenvalue weighted by molar-refractivity contribution is 5.94. The van der Waals surface area contributed by atoms with Crippen molar-refractivity contribution in [3.8, 4) is 0 Å². The fourth-order valence-corrected chi connectivity index (χ4v) is 14.1. The van der Waals surface area contributed by atoms with E-state index in [9.17, 15) is 24.6 Å². The minimum atomic E-state index is -0.970. The van der Waals surface area contributed by atoms with E-state index < -0.39 is 11.4 Å². The van der Waals surface area contributed by atoms with Crippen molar-refractivity contribution < 1.29 is 24.6 Å². The molecule has 298 valence electrons. The molecule has 7 nitrogen and oxygen atoms in total. The molecule has 7 rings (SSSR count). The lowest BCUT2D eigenvalue weighted by molar-refractivity contribution is -0.246. The van der Waals surface area contributed by atoms with E-state index in [1.54, 1.807) is 24.3 Å². The van der Waals surface area contributed by atoms with Gasteiger partial charge in [0.15, 0.2) is 0 Å². The monoisotopic (exact) mass is 750 g/mol. The van der Waals surface area contributed by atoms with Gasteiger partial charge in [0.25, 0.3) is 5.91 Å². The first-order valence-corrected chi connectivity index (χ1v) is 21.2. The SMILES string of the molecule is C=C(C)[C@@H]1CC[C@]2(C(=O)NCc3cccc(C(=O)NCC(C)c4cccc(C(=O)O)c4)c3)CC[C@]3(C)C(CC[C@@H]4[C@@]5(C)CC[C@H](O)C(C)(C)C5CC[C@]43C)[C@@H]12. The lowest BCUT2D eigenvalue weighted by atomic mass is 9.32. The van der Waals surface area contributed by atoms with Crippen LogP contribution in [-0.4, -0.2) is 40.6 Å². The Hall–Kier alpha value is -3.45. The predicted molar refractivity (Wildman–Crippen MR) is 217 cm³/mol. The zero-order valence-corrected chi connectivity index (χ0v) is 34.5. The smallest absolute Gasteiger partial charge is 0.335 e. The summed E-state index contributed by atoms with van der Waals surface area (Å²) in [7, 11) is 0. The Labute approximate surface area is 329 Å². The van der Waals surface area contributed by atoms with Gasteiger partial charge in [0.2, 0.25) is 5.91 Å². The Balaban J connectivity index is 1.06. The molecule has 0 aliphatic heterocycles. The molecule has 0 saturated heterocycles. The van der Waals surface area contributed by atoms with E-state index in [1.165, 1.54) is 24.8 Å². The lowest BCUT2D eigenvalue weighted by Gasteiger charge is -2.72. The van der Waals surface area contributed by atoms with E-state index >= 15 is 0 Å². The molecule has 0 aromatic heterocycles. The van der Waals surface area contributed by atoms with Gasteiger partial charge in [-0.05, 0) is 164 Å². The number of amides is 2. The number of rotatable bonds is 9. The van der Waals surface area contributed by atoms with E-state index in [0.717, 1.165) is 56.1 Å². The molecule has 2 aromatic carbocycles. The first-order chi connectivity index (χ1) is 25.9. The number of hydrogen-bond acceptors (Lipinski definition) is 4. The number of benzene rings is 2. The van der Waals surface area contributed by atoms with Gasteiger partial charge in [0.1, 0.15) is 0 Å². The fraction of sp³-hybridized carbons (Fsp3) is 0.646. The summed E-state index contributed by atoms with van der Waals surface area (Å²) >= 11 is 0. The maximum atomic E-state index is 14.7. The molecule has 11 atom stereocenters. The molecule has 5 fully saturated rings. The highest BCUT2D eigenvalue weighted by Gasteiger charge is 2.71. The maximum Gasteiger partial charge on any atom is 0.335 e. The Morgan fingerprint density at radius 3 is 2.27 bits per heavy atom. The number of aromatic carboxylic acids is 1. The van der Waals surface area contributed by atoms with Crippen LogP contribution in [0.15, 0.2) is 60.7 Å². The van der Waals surface area contributed by atoms with Gasteiger partial charge < -0.3 is 20.8 Å². The molecule has 5 aliphatic rings. The van der Waals surface area contributed by atoms with E-state index in [-0.39, 0.29) is 57.0 Å². The zero-order chi connectivity index (χ0) is 39.7. The molecule has 5 aliphatic carbocycles. The third-order valence-electron chi connectivity index (χ3n) is 17.4. The van der Waals surface area contributed by atoms with E-state index in [4.69, 9.17) is 0 Å². The number of fused-ring (bicyclic) bond motifs is 7. The average molecular weight is 751 g/mol. The normalized spacial score (nSPS) is 38.0. The van der Waals surface area contributed by atoms with Gasteiger partial charge in [-0.25, -0.2) is 4.79 Å². The van der Waals surface area contributed by atoms with Crippen LogP contribution in [-0.2, 0) is 11.3 Å². The third-order valence-corrected chi connectivity index (χ3v) is 17.4. The second-order valence-electron chi connectivity index (χ2n) is 20.1. The number of carboxylic acid groups (broad SMARTS) is 1. The second kappa shape index (κ2) is 14.2. The van der Waals surface area contributed by atoms with Gasteiger partial charge >= 0.3 is 5.97 Å². The quantitative estimate of drug-likeness (QED) is 0.191. The molecular weight excluding hydrogens is 685 g/mol. The maximum absolute atomic E-state index is 14.7. The average Bonchev–Trinajstić information content (AvgIpc) is 3.56. The van der Waals surface area contributed by atoms with Gasteiger partial charge in [-0.3, -0.25) is 9.59 Å². The van der Waals surface area contributed by atoms with Crippen LogP contribution in [0.25, 0.3) is 0 Å². The molecule has 2 aromatic rings. The minimum Gasteiger partial charge on any atom is -0.478 e. The fourth-order valence-electron chi connectivity index (χ4n) is 14.1. The van der Waals surface area contributed by atoms with Crippen LogP contribution in [0.4, 0.5) is 0 Å². The number of carbonyl (C=O) groups excluding carboxylic acids is 2. The van der Waals surface area contributed by atoms with Crippen molar-refractivity contribution in [2.45, 2.75) is 131 Å². The van der Waals surface area contributed by atoms with Gasteiger partial charge in [-0.1, -0.05) is 78.0 Å². The van der Waals surface area contributed by atoms with Crippen LogP contribution in [0.5, 0.6) is 0 Å². The Bertz CT molecular complexity index is 1850. The highest BCUT2D eigenvalue weighted by atomic mass is 16.4. The summed E-state index contributed by atoms with van der Waals surface area (Å²) in [4.78, 5) is 39.4. The van der Waals surface area contributed by atoms with Crippen LogP contribution in [0.1, 0.15) is 150 Å². The molecule has 0 bridgehead atoms. The molecule has 55 heavy (non-hydrogen) atoms. The molecule has 0 spiro atoms. The van der Waals surface area contributed by atoms with Crippen molar-refractivity contribution in [3.05, 3.63) is 82.9 Å². The second-order valence-corrected chi connectivity index (χ2v) is 20.1. The Morgan fingerprint density at radius 2 is 1.55 bits per heavy atom. The number of allylic oxidation sites excluding steroid dienone is 1. The summed E-state index contributed by atoms with van der Waals surface area (Å²) < 4.78 is 0. The molecule has 0 radical (unpaired) electrons. The summed E-state index contributed by atoms with van der Waals surface area (Å²) in [6.07, 6.45) is 10.4. The van der Waals surface area contributed by atoms with Crippen molar-refractivity contribution in [1.29, 1.82) is 0 Å². The summed E-state index contributed by atoms with van der Waals surface area (Å²) in [5.41, 5.74) is 3.79. The lowest BCUT2D eigenvalue weighted by Crippen LogP contribution is -2.67. The number of carbonyl (C=O) groups is 3. The molecule has 3 unspecified atom stereocenters. The van der Waals surface area contributed by atoms with Gasteiger partial charge in [0, 0.05) is 18.7 Å². The van der Waals surface area contributed by atoms with E-state index in [0.29, 0.717) is 42.3 Å². The number of nitrogens with one attached hydrogen (secondary N) is 2. The van der Waals surface area contributed by atoms with Crippen molar-refractivity contribution in [1.82, 2.24) is 10.6 Å². The van der Waals surface area contributed by atoms with Crippen LogP contribution in [0, 0.1) is 56.7 Å². The highest BCUT2D eigenvalue weighted by Crippen LogP contribution is 2.77. The van der Waals surface area contributed by atoms with Crippen molar-refractivity contribution in [2.24, 2.45) is 56.7 Å². The molecule has 2 amide bonds. The Morgan fingerprint density at radius 1 is 0.818 bits per heavy atom. The summed E-state index contributed by atoms with van der Waals surface area (Å²) in [5.74, 6) is 1.16. The first-order valence-electron chi connectivity index (χ1n) is 21.2. The Kier molecular flexibility index (Phi) is 10.3. The molecule has 7 heteroatoms. The first kappa shape index (κ1) is 39.8. The van der Waals surface area contributed by atoms with E-state index in [2.05, 4.69) is 58.8 Å². The molecule has 5 saturated carbocycles. The molecule has 0 heterocycles. The van der Waals surface area contributed by atoms with Crippen LogP contribution in [0.2, 0.25) is 0 Å². The minimum absolute atomic E-state index is 0.0612. The van der Waals surface area contributed by atoms with Crippen molar-refractivity contribution in [3.63, 3.8) is 0 Å². The van der Waals surface area contributed by atoms with Crippen LogP contribution >= 0.6 is 0 Å². The predicted octanol–water partition coefficient (Wildman–Crippen LogP) is 9.55. The van der Waals surface area contributed by atoms with Crippen molar-refractivity contribution in [2.75, 3.05) is 6.54 Å². The molecular formula is C48H66N2O5. The van der Waals surface area contributed by atoms with Gasteiger partial charge in [0.05, 0.1) is 17.1 Å². The number of hydrogen-bond donors (Lipinski definition) is 4. The zero-order valence-electron chi connectivity index (χ0n) is 34.5.